The van der Waals surface area contributed by atoms with E-state index in [9.17, 15) is 18.9 Å². The van der Waals surface area contributed by atoms with Crippen molar-refractivity contribution in [2.24, 2.45) is 0 Å². The summed E-state index contributed by atoms with van der Waals surface area (Å²) in [5, 5.41) is 10.9. The fraction of sp³-hybridized carbons (Fsp3) is 0.333. The van der Waals surface area contributed by atoms with Crippen molar-refractivity contribution in [3.63, 3.8) is 0 Å². The standard InChI is InChI=1S/C12H11F2NO3/c1-7-4-11(15(16)17)12(18-6-7)9-5-8(13)2-3-10(9)14/h2-3,5,11-12H,1,4,6H2. The molecule has 2 atom stereocenters. The van der Waals surface area contributed by atoms with Gasteiger partial charge in [0.1, 0.15) is 11.6 Å². The van der Waals surface area contributed by atoms with Gasteiger partial charge in [-0.1, -0.05) is 6.58 Å². The molecule has 0 aliphatic carbocycles. The molecule has 1 aliphatic heterocycles. The molecular formula is C12H11F2NO3. The van der Waals surface area contributed by atoms with Gasteiger partial charge < -0.3 is 4.74 Å². The zero-order valence-corrected chi connectivity index (χ0v) is 9.44. The van der Waals surface area contributed by atoms with E-state index in [1.54, 1.807) is 0 Å². The van der Waals surface area contributed by atoms with Crippen molar-refractivity contribution >= 4 is 0 Å². The first-order chi connectivity index (χ1) is 8.49. The lowest BCUT2D eigenvalue weighted by Crippen LogP contribution is -2.35. The Morgan fingerprint density at radius 1 is 1.44 bits per heavy atom. The highest BCUT2D eigenvalue weighted by Crippen LogP contribution is 2.33. The van der Waals surface area contributed by atoms with E-state index in [0.717, 1.165) is 18.2 Å². The highest BCUT2D eigenvalue weighted by Gasteiger charge is 2.39. The molecule has 1 saturated heterocycles. The maximum atomic E-state index is 13.6. The molecule has 1 aromatic carbocycles. The molecular weight excluding hydrogens is 244 g/mol. The first-order valence-corrected chi connectivity index (χ1v) is 5.35. The van der Waals surface area contributed by atoms with Gasteiger partial charge in [-0.25, -0.2) is 8.78 Å². The highest BCUT2D eigenvalue weighted by molar-refractivity contribution is 5.24. The second-order valence-corrected chi connectivity index (χ2v) is 4.20. The van der Waals surface area contributed by atoms with E-state index in [4.69, 9.17) is 4.74 Å². The van der Waals surface area contributed by atoms with Gasteiger partial charge in [-0.2, -0.15) is 0 Å². The number of ether oxygens (including phenoxy) is 1. The summed E-state index contributed by atoms with van der Waals surface area (Å²) in [5.74, 6) is -1.36. The minimum absolute atomic E-state index is 0.105. The number of rotatable bonds is 2. The van der Waals surface area contributed by atoms with Gasteiger partial charge in [-0.15, -0.1) is 0 Å². The third-order valence-corrected chi connectivity index (χ3v) is 2.85. The Morgan fingerprint density at radius 2 is 2.17 bits per heavy atom. The lowest BCUT2D eigenvalue weighted by atomic mass is 9.94. The number of halogens is 2. The molecule has 18 heavy (non-hydrogen) atoms. The molecule has 0 saturated carbocycles. The largest absolute Gasteiger partial charge is 0.362 e. The van der Waals surface area contributed by atoms with Crippen LogP contribution in [0.5, 0.6) is 0 Å². The first kappa shape index (κ1) is 12.6. The summed E-state index contributed by atoms with van der Waals surface area (Å²) in [7, 11) is 0. The molecule has 1 heterocycles. The van der Waals surface area contributed by atoms with Crippen LogP contribution in [0.1, 0.15) is 18.1 Å². The average Bonchev–Trinajstić information content (AvgIpc) is 2.32. The van der Waals surface area contributed by atoms with Crippen LogP contribution in [0.25, 0.3) is 0 Å². The Hall–Kier alpha value is -1.82. The van der Waals surface area contributed by atoms with Gasteiger partial charge in [0.2, 0.25) is 6.04 Å². The van der Waals surface area contributed by atoms with Crippen molar-refractivity contribution in [1.29, 1.82) is 0 Å². The summed E-state index contributed by atoms with van der Waals surface area (Å²) < 4.78 is 31.9. The van der Waals surface area contributed by atoms with E-state index in [-0.39, 0.29) is 18.6 Å². The van der Waals surface area contributed by atoms with Crippen LogP contribution in [0.15, 0.2) is 30.4 Å². The maximum absolute atomic E-state index is 13.6. The van der Waals surface area contributed by atoms with Gasteiger partial charge >= 0.3 is 0 Å². The van der Waals surface area contributed by atoms with E-state index in [1.165, 1.54) is 0 Å². The summed E-state index contributed by atoms with van der Waals surface area (Å²) in [4.78, 5) is 10.4. The first-order valence-electron chi connectivity index (χ1n) is 5.35. The van der Waals surface area contributed by atoms with E-state index in [1.807, 2.05) is 0 Å². The van der Waals surface area contributed by atoms with Crippen LogP contribution in [-0.2, 0) is 4.74 Å². The lowest BCUT2D eigenvalue weighted by molar-refractivity contribution is -0.539. The van der Waals surface area contributed by atoms with E-state index in [2.05, 4.69) is 6.58 Å². The molecule has 2 rings (SSSR count). The van der Waals surface area contributed by atoms with Crippen LogP contribution in [-0.4, -0.2) is 17.6 Å². The molecule has 0 bridgehead atoms. The minimum atomic E-state index is -1.14. The Bertz CT molecular complexity index is 504. The summed E-state index contributed by atoms with van der Waals surface area (Å²) in [6.45, 7) is 3.73. The van der Waals surface area contributed by atoms with E-state index >= 15 is 0 Å². The van der Waals surface area contributed by atoms with Gasteiger partial charge in [0.15, 0.2) is 6.10 Å². The normalized spacial score (nSPS) is 24.0. The van der Waals surface area contributed by atoms with E-state index < -0.39 is 28.7 Å². The number of hydrogen-bond acceptors (Lipinski definition) is 3. The molecule has 1 aliphatic rings. The number of nitrogens with zero attached hydrogens (tertiary/aromatic N) is 1. The fourth-order valence-electron chi connectivity index (χ4n) is 2.00. The Balaban J connectivity index is 2.38. The molecule has 0 aromatic heterocycles. The molecule has 0 N–H and O–H groups in total. The molecule has 2 unspecified atom stereocenters. The van der Waals surface area contributed by atoms with Gasteiger partial charge in [-0.05, 0) is 23.8 Å². The van der Waals surface area contributed by atoms with Crippen LogP contribution >= 0.6 is 0 Å². The van der Waals surface area contributed by atoms with Crippen molar-refractivity contribution in [3.8, 4) is 0 Å². The molecule has 1 fully saturated rings. The van der Waals surface area contributed by atoms with Gasteiger partial charge in [0, 0.05) is 16.9 Å². The molecule has 1 aromatic rings. The quantitative estimate of drug-likeness (QED) is 0.463. The fourth-order valence-corrected chi connectivity index (χ4v) is 2.00. The summed E-state index contributed by atoms with van der Waals surface area (Å²) in [5.41, 5.74) is 0.453. The van der Waals surface area contributed by atoms with Crippen LogP contribution in [0.4, 0.5) is 8.78 Å². The topological polar surface area (TPSA) is 52.4 Å². The number of nitro groups is 1. The zero-order valence-electron chi connectivity index (χ0n) is 9.44. The molecule has 0 amide bonds. The number of benzene rings is 1. The summed E-state index contributed by atoms with van der Waals surface area (Å²) in [6, 6.07) is 1.70. The molecule has 96 valence electrons. The van der Waals surface area contributed by atoms with Gasteiger partial charge in [0.25, 0.3) is 0 Å². The lowest BCUT2D eigenvalue weighted by Gasteiger charge is -2.27. The van der Waals surface area contributed by atoms with Crippen LogP contribution in [0.3, 0.4) is 0 Å². The van der Waals surface area contributed by atoms with Crippen molar-refractivity contribution in [3.05, 3.63) is 57.7 Å². The average molecular weight is 255 g/mol. The zero-order chi connectivity index (χ0) is 13.3. The molecule has 4 nitrogen and oxygen atoms in total. The number of hydrogen-bond donors (Lipinski definition) is 0. The van der Waals surface area contributed by atoms with Gasteiger partial charge in [-0.3, -0.25) is 10.1 Å². The van der Waals surface area contributed by atoms with Crippen LogP contribution in [0.2, 0.25) is 0 Å². The second-order valence-electron chi connectivity index (χ2n) is 4.20. The third kappa shape index (κ3) is 2.38. The van der Waals surface area contributed by atoms with Crippen molar-refractivity contribution in [1.82, 2.24) is 0 Å². The second kappa shape index (κ2) is 4.81. The van der Waals surface area contributed by atoms with Crippen molar-refractivity contribution < 1.29 is 18.4 Å². The minimum Gasteiger partial charge on any atom is -0.362 e. The van der Waals surface area contributed by atoms with Crippen molar-refractivity contribution in [2.75, 3.05) is 6.61 Å². The SMILES string of the molecule is C=C1COC(c2cc(F)ccc2F)C([N+](=O)[O-])C1. The maximum Gasteiger partial charge on any atom is 0.246 e. The third-order valence-electron chi connectivity index (χ3n) is 2.85. The molecule has 6 heteroatoms. The predicted molar refractivity (Wildman–Crippen MR) is 59.6 cm³/mol. The Morgan fingerprint density at radius 3 is 2.83 bits per heavy atom. The van der Waals surface area contributed by atoms with Crippen molar-refractivity contribution in [2.45, 2.75) is 18.6 Å². The van der Waals surface area contributed by atoms with Crippen LogP contribution < -0.4 is 0 Å². The van der Waals surface area contributed by atoms with Crippen LogP contribution in [0, 0.1) is 21.7 Å². The smallest absolute Gasteiger partial charge is 0.246 e. The predicted octanol–water partition coefficient (Wildman–Crippen LogP) is 2.63. The molecule has 0 radical (unpaired) electrons. The van der Waals surface area contributed by atoms with Gasteiger partial charge in [0.05, 0.1) is 6.61 Å². The summed E-state index contributed by atoms with van der Waals surface area (Å²) >= 11 is 0. The van der Waals surface area contributed by atoms with E-state index in [0.29, 0.717) is 5.57 Å². The summed E-state index contributed by atoms with van der Waals surface area (Å²) in [6.07, 6.45) is -0.977. The Labute approximate surface area is 102 Å². The molecule has 0 spiro atoms. The monoisotopic (exact) mass is 255 g/mol. The highest BCUT2D eigenvalue weighted by atomic mass is 19.1. The Kier molecular flexibility index (Phi) is 3.38.